The molecule has 3 heterocycles. The van der Waals surface area contributed by atoms with Gasteiger partial charge in [0.2, 0.25) is 11.9 Å². The lowest BCUT2D eigenvalue weighted by Crippen LogP contribution is -2.52. The number of amides is 1. The molecule has 0 aliphatic carbocycles. The van der Waals surface area contributed by atoms with Crippen molar-refractivity contribution in [3.05, 3.63) is 18.5 Å². The summed E-state index contributed by atoms with van der Waals surface area (Å²) in [6, 6.07) is 1.82. The molecular formula is C15H23N5O2. The Balaban J connectivity index is 1.46. The summed E-state index contributed by atoms with van der Waals surface area (Å²) < 4.78 is 5.48. The van der Waals surface area contributed by atoms with Gasteiger partial charge in [-0.15, -0.1) is 0 Å². The SMILES string of the molecule is C[C@H]1CN(C(=O)CN2CCN(c3ncccn3)CC2)CCO1. The van der Waals surface area contributed by atoms with Crippen LogP contribution in [0.3, 0.4) is 0 Å². The summed E-state index contributed by atoms with van der Waals surface area (Å²) in [5, 5.41) is 0. The van der Waals surface area contributed by atoms with Crippen LogP contribution in [0.25, 0.3) is 0 Å². The Bertz CT molecular complexity index is 490. The minimum Gasteiger partial charge on any atom is -0.375 e. The zero-order chi connectivity index (χ0) is 15.4. The van der Waals surface area contributed by atoms with Gasteiger partial charge in [-0.25, -0.2) is 9.97 Å². The topological polar surface area (TPSA) is 61.8 Å². The van der Waals surface area contributed by atoms with Crippen LogP contribution < -0.4 is 4.90 Å². The summed E-state index contributed by atoms with van der Waals surface area (Å²) in [5.74, 6) is 0.982. The van der Waals surface area contributed by atoms with Crippen LogP contribution >= 0.6 is 0 Å². The number of carbonyl (C=O) groups excluding carboxylic acids is 1. The number of piperazine rings is 1. The van der Waals surface area contributed by atoms with Gasteiger partial charge < -0.3 is 14.5 Å². The van der Waals surface area contributed by atoms with Crippen molar-refractivity contribution in [1.82, 2.24) is 19.8 Å². The highest BCUT2D eigenvalue weighted by Crippen LogP contribution is 2.11. The quantitative estimate of drug-likeness (QED) is 0.774. The highest BCUT2D eigenvalue weighted by atomic mass is 16.5. The normalized spacial score (nSPS) is 23.6. The lowest BCUT2D eigenvalue weighted by molar-refractivity contribution is -0.139. The van der Waals surface area contributed by atoms with Gasteiger partial charge in [0.1, 0.15) is 0 Å². The minimum absolute atomic E-state index is 0.143. The molecule has 1 atom stereocenters. The van der Waals surface area contributed by atoms with Crippen LogP contribution in [0.15, 0.2) is 18.5 Å². The van der Waals surface area contributed by atoms with Gasteiger partial charge in [-0.2, -0.15) is 0 Å². The third kappa shape index (κ3) is 3.72. The van der Waals surface area contributed by atoms with E-state index in [1.807, 2.05) is 17.9 Å². The van der Waals surface area contributed by atoms with Crippen LogP contribution in [0.4, 0.5) is 5.95 Å². The zero-order valence-electron chi connectivity index (χ0n) is 13.0. The summed E-state index contributed by atoms with van der Waals surface area (Å²) >= 11 is 0. The van der Waals surface area contributed by atoms with Crippen LogP contribution in [-0.2, 0) is 9.53 Å². The fourth-order valence-corrected chi connectivity index (χ4v) is 2.90. The van der Waals surface area contributed by atoms with E-state index in [-0.39, 0.29) is 12.0 Å². The van der Waals surface area contributed by atoms with E-state index < -0.39 is 0 Å². The average molecular weight is 305 g/mol. The molecule has 7 heteroatoms. The van der Waals surface area contributed by atoms with Crippen LogP contribution in [0, 0.1) is 0 Å². The third-order valence-electron chi connectivity index (χ3n) is 4.16. The number of nitrogens with zero attached hydrogens (tertiary/aromatic N) is 5. The molecule has 1 aromatic rings. The van der Waals surface area contributed by atoms with Gasteiger partial charge in [0, 0.05) is 51.7 Å². The van der Waals surface area contributed by atoms with E-state index in [9.17, 15) is 4.79 Å². The van der Waals surface area contributed by atoms with Crippen molar-refractivity contribution in [2.45, 2.75) is 13.0 Å². The molecule has 22 heavy (non-hydrogen) atoms. The van der Waals surface area contributed by atoms with Gasteiger partial charge in [-0.1, -0.05) is 0 Å². The van der Waals surface area contributed by atoms with Gasteiger partial charge in [0.15, 0.2) is 0 Å². The first kappa shape index (κ1) is 15.2. The van der Waals surface area contributed by atoms with Crippen LogP contribution in [-0.4, -0.2) is 84.2 Å². The zero-order valence-corrected chi connectivity index (χ0v) is 13.0. The molecule has 2 aliphatic rings. The Morgan fingerprint density at radius 3 is 2.64 bits per heavy atom. The molecule has 2 fully saturated rings. The van der Waals surface area contributed by atoms with Crippen molar-refractivity contribution in [2.75, 3.05) is 57.3 Å². The molecule has 0 aromatic carbocycles. The fraction of sp³-hybridized carbons (Fsp3) is 0.667. The summed E-state index contributed by atoms with van der Waals surface area (Å²) in [5.41, 5.74) is 0. The number of hydrogen-bond acceptors (Lipinski definition) is 6. The highest BCUT2D eigenvalue weighted by molar-refractivity contribution is 5.78. The lowest BCUT2D eigenvalue weighted by Gasteiger charge is -2.36. The Kier molecular flexibility index (Phi) is 4.84. The van der Waals surface area contributed by atoms with Gasteiger partial charge >= 0.3 is 0 Å². The Hall–Kier alpha value is -1.73. The molecular weight excluding hydrogens is 282 g/mol. The predicted molar refractivity (Wildman–Crippen MR) is 82.7 cm³/mol. The maximum absolute atomic E-state index is 12.4. The van der Waals surface area contributed by atoms with E-state index in [4.69, 9.17) is 4.74 Å². The van der Waals surface area contributed by atoms with E-state index in [2.05, 4.69) is 19.8 Å². The number of anilines is 1. The van der Waals surface area contributed by atoms with E-state index in [0.717, 1.165) is 32.1 Å². The second kappa shape index (κ2) is 7.02. The van der Waals surface area contributed by atoms with Crippen molar-refractivity contribution in [1.29, 1.82) is 0 Å². The molecule has 120 valence electrons. The predicted octanol–water partition coefficient (Wildman–Crippen LogP) is -0.154. The average Bonchev–Trinajstić information content (AvgIpc) is 2.56. The van der Waals surface area contributed by atoms with Crippen molar-refractivity contribution >= 4 is 11.9 Å². The number of aromatic nitrogens is 2. The van der Waals surface area contributed by atoms with E-state index in [1.165, 1.54) is 0 Å². The van der Waals surface area contributed by atoms with Crippen molar-refractivity contribution in [3.8, 4) is 0 Å². The first-order valence-electron chi connectivity index (χ1n) is 7.86. The van der Waals surface area contributed by atoms with Crippen LogP contribution in [0.1, 0.15) is 6.92 Å². The summed E-state index contributed by atoms with van der Waals surface area (Å²) in [7, 11) is 0. The maximum atomic E-state index is 12.4. The minimum atomic E-state index is 0.143. The number of ether oxygens (including phenoxy) is 1. The van der Waals surface area contributed by atoms with Crippen LogP contribution in [0.2, 0.25) is 0 Å². The summed E-state index contributed by atoms with van der Waals surface area (Å²) in [6.07, 6.45) is 3.67. The maximum Gasteiger partial charge on any atom is 0.236 e. The number of morpholine rings is 1. The van der Waals surface area contributed by atoms with Gasteiger partial charge in [-0.05, 0) is 13.0 Å². The van der Waals surface area contributed by atoms with Crippen molar-refractivity contribution in [2.24, 2.45) is 0 Å². The molecule has 1 amide bonds. The summed E-state index contributed by atoms with van der Waals surface area (Å²) in [6.45, 7) is 8.01. The molecule has 3 rings (SSSR count). The van der Waals surface area contributed by atoms with Crippen molar-refractivity contribution in [3.63, 3.8) is 0 Å². The molecule has 2 aliphatic heterocycles. The molecule has 0 spiro atoms. The molecule has 0 bridgehead atoms. The molecule has 0 unspecified atom stereocenters. The van der Waals surface area contributed by atoms with Crippen LogP contribution in [0.5, 0.6) is 0 Å². The highest BCUT2D eigenvalue weighted by Gasteiger charge is 2.25. The second-order valence-electron chi connectivity index (χ2n) is 5.83. The van der Waals surface area contributed by atoms with Gasteiger partial charge in [0.05, 0.1) is 19.3 Å². The van der Waals surface area contributed by atoms with Gasteiger partial charge in [-0.3, -0.25) is 9.69 Å². The largest absolute Gasteiger partial charge is 0.375 e. The molecule has 1 aromatic heterocycles. The molecule has 0 N–H and O–H groups in total. The lowest BCUT2D eigenvalue weighted by atomic mass is 10.2. The fourth-order valence-electron chi connectivity index (χ4n) is 2.90. The monoisotopic (exact) mass is 305 g/mol. The van der Waals surface area contributed by atoms with E-state index in [1.54, 1.807) is 12.4 Å². The Morgan fingerprint density at radius 2 is 1.95 bits per heavy atom. The summed E-state index contributed by atoms with van der Waals surface area (Å²) in [4.78, 5) is 27.2. The standard InChI is InChI=1S/C15H23N5O2/c1-13-11-20(9-10-22-13)14(21)12-18-5-7-19(8-6-18)15-16-3-2-4-17-15/h2-4,13H,5-12H2,1H3/t13-/m0/s1. The molecule has 7 nitrogen and oxygen atoms in total. The molecule has 2 saturated heterocycles. The Morgan fingerprint density at radius 1 is 1.23 bits per heavy atom. The number of rotatable bonds is 3. The molecule has 0 radical (unpaired) electrons. The first-order chi connectivity index (χ1) is 10.7. The first-order valence-corrected chi connectivity index (χ1v) is 7.86. The van der Waals surface area contributed by atoms with E-state index >= 15 is 0 Å². The molecule has 0 saturated carbocycles. The number of hydrogen-bond donors (Lipinski definition) is 0. The second-order valence-corrected chi connectivity index (χ2v) is 5.83. The van der Waals surface area contributed by atoms with Gasteiger partial charge in [0.25, 0.3) is 0 Å². The van der Waals surface area contributed by atoms with Crippen molar-refractivity contribution < 1.29 is 9.53 Å². The smallest absolute Gasteiger partial charge is 0.236 e. The van der Waals surface area contributed by atoms with E-state index in [0.29, 0.717) is 26.2 Å². The number of carbonyl (C=O) groups is 1. The Labute approximate surface area is 130 Å². The third-order valence-corrected chi connectivity index (χ3v) is 4.16.